The first-order chi connectivity index (χ1) is 41.0. The number of hydrogen-bond acceptors (Lipinski definition) is 6. The average Bonchev–Trinajstić information content (AvgIpc) is 3.48. The van der Waals surface area contributed by atoms with Crippen LogP contribution in [-0.2, 0) is 28.6 Å². The Morgan fingerprint density at radius 1 is 0.241 bits per heavy atom. The lowest BCUT2D eigenvalue weighted by molar-refractivity contribution is -0.167. The van der Waals surface area contributed by atoms with Gasteiger partial charge in [-0.1, -0.05) is 358 Å². The van der Waals surface area contributed by atoms with E-state index in [1.165, 1.54) is 289 Å². The van der Waals surface area contributed by atoms with Crippen molar-refractivity contribution in [3.05, 3.63) is 48.6 Å². The molecule has 0 bridgehead atoms. The maximum absolute atomic E-state index is 13.0. The van der Waals surface area contributed by atoms with Gasteiger partial charge in [-0.15, -0.1) is 0 Å². The third-order valence-corrected chi connectivity index (χ3v) is 16.8. The molecule has 0 spiro atoms. The quantitative estimate of drug-likeness (QED) is 0.0261. The number of carbonyl (C=O) groups excluding carboxylic acids is 3. The zero-order valence-corrected chi connectivity index (χ0v) is 56.0. The van der Waals surface area contributed by atoms with Crippen LogP contribution in [0.1, 0.15) is 406 Å². The standard InChI is InChI=1S/C77H142O6/c1-4-7-10-13-16-19-22-24-26-28-30-32-34-36-38-40-42-44-46-48-50-52-55-58-61-64-67-70-76(79)82-73-74(72-81-75(78)69-66-63-60-57-54-21-18-15-12-9-6-3)83-77(80)71-68-65-62-59-56-53-51-49-47-45-43-41-39-37-35-33-31-29-27-25-23-20-17-14-11-8-5-2/h15,18,22,24,28,30,34,36,74H,4-14,16-17,19-21,23,25-27,29,31-33,35,37-73H2,1-3H3/b18-15-,24-22-,30-28-,36-34-. The molecule has 0 saturated carbocycles. The molecule has 0 N–H and O–H groups in total. The van der Waals surface area contributed by atoms with Crippen LogP contribution in [0.3, 0.4) is 0 Å². The van der Waals surface area contributed by atoms with Crippen LogP contribution in [0, 0.1) is 0 Å². The van der Waals surface area contributed by atoms with E-state index in [0.29, 0.717) is 19.3 Å². The fourth-order valence-electron chi connectivity index (χ4n) is 11.2. The molecule has 1 atom stereocenters. The smallest absolute Gasteiger partial charge is 0.306 e. The third kappa shape index (κ3) is 70.0. The van der Waals surface area contributed by atoms with E-state index in [1.807, 2.05) is 0 Å². The van der Waals surface area contributed by atoms with Crippen molar-refractivity contribution in [1.82, 2.24) is 0 Å². The van der Waals surface area contributed by atoms with Crippen molar-refractivity contribution in [2.45, 2.75) is 412 Å². The van der Waals surface area contributed by atoms with Crippen LogP contribution in [0.5, 0.6) is 0 Å². The predicted molar refractivity (Wildman–Crippen MR) is 362 cm³/mol. The summed E-state index contributed by atoms with van der Waals surface area (Å²) in [6.45, 7) is 6.65. The fraction of sp³-hybridized carbons (Fsp3) is 0.857. The van der Waals surface area contributed by atoms with Crippen molar-refractivity contribution in [3.8, 4) is 0 Å². The van der Waals surface area contributed by atoms with Crippen LogP contribution in [0.4, 0.5) is 0 Å². The topological polar surface area (TPSA) is 78.9 Å². The highest BCUT2D eigenvalue weighted by atomic mass is 16.6. The van der Waals surface area contributed by atoms with E-state index in [9.17, 15) is 14.4 Å². The summed E-state index contributed by atoms with van der Waals surface area (Å²) in [5.41, 5.74) is 0. The largest absolute Gasteiger partial charge is 0.462 e. The SMILES string of the molecule is CCCC/C=C\CCCCCCCC(=O)OCC(COC(=O)CCCCCCCCCCCCCC/C=C\C/C=C\C/C=C\CCCCCCC)OC(=O)CCCCCCCCCCCCCCCCCCCCCCCCCCCCC. The van der Waals surface area contributed by atoms with E-state index in [1.54, 1.807) is 0 Å². The highest BCUT2D eigenvalue weighted by Crippen LogP contribution is 2.19. The van der Waals surface area contributed by atoms with Gasteiger partial charge < -0.3 is 14.2 Å². The monoisotopic (exact) mass is 1160 g/mol. The zero-order chi connectivity index (χ0) is 59.9. The van der Waals surface area contributed by atoms with E-state index in [2.05, 4.69) is 69.4 Å². The predicted octanol–water partition coefficient (Wildman–Crippen LogP) is 25.7. The summed E-state index contributed by atoms with van der Waals surface area (Å²) < 4.78 is 17.0. The van der Waals surface area contributed by atoms with Crippen molar-refractivity contribution in [2.24, 2.45) is 0 Å². The molecule has 0 rings (SSSR count). The number of allylic oxidation sites excluding steroid dienone is 8. The molecule has 0 aromatic rings. The Morgan fingerprint density at radius 2 is 0.446 bits per heavy atom. The summed E-state index contributed by atoms with van der Waals surface area (Å²) in [6, 6.07) is 0. The van der Waals surface area contributed by atoms with Gasteiger partial charge in [0.15, 0.2) is 6.10 Å². The summed E-state index contributed by atoms with van der Waals surface area (Å²) in [5.74, 6) is -0.857. The van der Waals surface area contributed by atoms with E-state index in [4.69, 9.17) is 14.2 Å². The minimum atomic E-state index is -0.776. The minimum Gasteiger partial charge on any atom is -0.462 e. The van der Waals surface area contributed by atoms with Crippen LogP contribution in [0.2, 0.25) is 0 Å². The molecule has 6 nitrogen and oxygen atoms in total. The highest BCUT2D eigenvalue weighted by molar-refractivity contribution is 5.71. The van der Waals surface area contributed by atoms with E-state index < -0.39 is 6.10 Å². The molecule has 6 heteroatoms. The van der Waals surface area contributed by atoms with Gasteiger partial charge in [0.1, 0.15) is 13.2 Å². The Hall–Kier alpha value is -2.63. The number of rotatable bonds is 69. The lowest BCUT2D eigenvalue weighted by Crippen LogP contribution is -2.30. The molecule has 1 unspecified atom stereocenters. The number of carbonyl (C=O) groups is 3. The second-order valence-corrected chi connectivity index (χ2v) is 25.2. The van der Waals surface area contributed by atoms with Gasteiger partial charge in [0.05, 0.1) is 0 Å². The number of esters is 3. The number of hydrogen-bond donors (Lipinski definition) is 0. The molecule has 0 aliphatic rings. The lowest BCUT2D eigenvalue weighted by Gasteiger charge is -2.18. The second-order valence-electron chi connectivity index (χ2n) is 25.2. The Morgan fingerprint density at radius 3 is 0.723 bits per heavy atom. The Kier molecular flexibility index (Phi) is 69.6. The van der Waals surface area contributed by atoms with E-state index in [0.717, 1.165) is 77.0 Å². The number of ether oxygens (including phenoxy) is 3. The lowest BCUT2D eigenvalue weighted by atomic mass is 10.0. The average molecular weight is 1160 g/mol. The molecule has 0 radical (unpaired) electrons. The Labute approximate surface area is 518 Å². The molecule has 486 valence electrons. The first kappa shape index (κ1) is 80.4. The van der Waals surface area contributed by atoms with Crippen molar-refractivity contribution < 1.29 is 28.6 Å². The fourth-order valence-corrected chi connectivity index (χ4v) is 11.2. The van der Waals surface area contributed by atoms with Gasteiger partial charge in [-0.2, -0.15) is 0 Å². The summed E-state index contributed by atoms with van der Waals surface area (Å²) >= 11 is 0. The molecule has 0 aliphatic heterocycles. The van der Waals surface area contributed by atoms with Gasteiger partial charge in [-0.25, -0.2) is 0 Å². The molecule has 0 aliphatic carbocycles. The minimum absolute atomic E-state index is 0.0724. The van der Waals surface area contributed by atoms with Crippen LogP contribution < -0.4 is 0 Å². The van der Waals surface area contributed by atoms with E-state index in [-0.39, 0.29) is 31.1 Å². The summed E-state index contributed by atoms with van der Waals surface area (Å²) in [6.07, 6.45) is 91.6. The van der Waals surface area contributed by atoms with Crippen molar-refractivity contribution in [2.75, 3.05) is 13.2 Å². The first-order valence-corrected chi connectivity index (χ1v) is 37.1. The molecular weight excluding hydrogens is 1020 g/mol. The van der Waals surface area contributed by atoms with Crippen LogP contribution >= 0.6 is 0 Å². The summed E-state index contributed by atoms with van der Waals surface area (Å²) in [4.78, 5) is 38.4. The normalized spacial score (nSPS) is 12.3. The van der Waals surface area contributed by atoms with Gasteiger partial charge in [-0.3, -0.25) is 14.4 Å². The van der Waals surface area contributed by atoms with Crippen LogP contribution in [-0.4, -0.2) is 37.2 Å². The molecule has 0 aromatic heterocycles. The van der Waals surface area contributed by atoms with E-state index >= 15 is 0 Å². The Bertz CT molecular complexity index is 1430. The molecular formula is C77H142O6. The van der Waals surface area contributed by atoms with Crippen molar-refractivity contribution in [3.63, 3.8) is 0 Å². The summed E-state index contributed by atoms with van der Waals surface area (Å²) in [5, 5.41) is 0. The highest BCUT2D eigenvalue weighted by Gasteiger charge is 2.19. The van der Waals surface area contributed by atoms with Gasteiger partial charge >= 0.3 is 17.9 Å². The maximum Gasteiger partial charge on any atom is 0.306 e. The molecule has 0 amide bonds. The van der Waals surface area contributed by atoms with Crippen molar-refractivity contribution in [1.29, 1.82) is 0 Å². The third-order valence-electron chi connectivity index (χ3n) is 16.8. The molecule has 0 saturated heterocycles. The van der Waals surface area contributed by atoms with Crippen LogP contribution in [0.15, 0.2) is 48.6 Å². The Balaban J connectivity index is 4.16. The summed E-state index contributed by atoms with van der Waals surface area (Å²) in [7, 11) is 0. The van der Waals surface area contributed by atoms with Crippen molar-refractivity contribution >= 4 is 17.9 Å². The second kappa shape index (κ2) is 71.8. The van der Waals surface area contributed by atoms with Gasteiger partial charge in [0, 0.05) is 19.3 Å². The van der Waals surface area contributed by atoms with Gasteiger partial charge in [0.2, 0.25) is 0 Å². The number of unbranched alkanes of at least 4 members (excludes halogenated alkanes) is 50. The first-order valence-electron chi connectivity index (χ1n) is 37.1. The maximum atomic E-state index is 13.0. The van der Waals surface area contributed by atoms with Gasteiger partial charge in [0.25, 0.3) is 0 Å². The molecule has 83 heavy (non-hydrogen) atoms. The molecule has 0 heterocycles. The molecule has 0 aromatic carbocycles. The van der Waals surface area contributed by atoms with Gasteiger partial charge in [-0.05, 0) is 77.0 Å². The zero-order valence-electron chi connectivity index (χ0n) is 56.0. The van der Waals surface area contributed by atoms with Crippen LogP contribution in [0.25, 0.3) is 0 Å². The molecule has 0 fully saturated rings.